The summed E-state index contributed by atoms with van der Waals surface area (Å²) in [6, 6.07) is 14.2. The molecule has 5 rings (SSSR count). The summed E-state index contributed by atoms with van der Waals surface area (Å²) in [6.45, 7) is 2.76. The van der Waals surface area contributed by atoms with E-state index in [0.717, 1.165) is 34.8 Å². The van der Waals surface area contributed by atoms with Gasteiger partial charge in [-0.15, -0.1) is 0 Å². The van der Waals surface area contributed by atoms with Gasteiger partial charge >= 0.3 is 0 Å². The number of carbonyl (C=O) groups is 1. The summed E-state index contributed by atoms with van der Waals surface area (Å²) in [7, 11) is 5.51. The van der Waals surface area contributed by atoms with Gasteiger partial charge in [-0.05, 0) is 62.7 Å². The van der Waals surface area contributed by atoms with Crippen molar-refractivity contribution in [1.82, 2.24) is 24.6 Å². The first-order chi connectivity index (χ1) is 17.9. The lowest BCUT2D eigenvalue weighted by Gasteiger charge is -2.16. The Morgan fingerprint density at radius 3 is 2.62 bits per heavy atom. The third kappa shape index (κ3) is 4.90. The van der Waals surface area contributed by atoms with Crippen molar-refractivity contribution in [2.45, 2.75) is 25.8 Å². The lowest BCUT2D eigenvalue weighted by molar-refractivity contribution is -0.113. The Kier molecular flexibility index (Phi) is 6.62. The van der Waals surface area contributed by atoms with Gasteiger partial charge in [-0.2, -0.15) is 5.10 Å². The Labute approximate surface area is 216 Å². The lowest BCUT2D eigenvalue weighted by atomic mass is 10.1. The topological polar surface area (TPSA) is 102 Å². The minimum Gasteiger partial charge on any atom is -0.496 e. The Morgan fingerprint density at radius 1 is 1.16 bits per heavy atom. The Bertz CT molecular complexity index is 1470. The van der Waals surface area contributed by atoms with E-state index in [0.29, 0.717) is 28.6 Å². The molecule has 9 nitrogen and oxygen atoms in total. The minimum atomic E-state index is -0.0717. The maximum Gasteiger partial charge on any atom is 0.250 e. The third-order valence-electron chi connectivity index (χ3n) is 6.81. The van der Waals surface area contributed by atoms with Crippen LogP contribution >= 0.6 is 0 Å². The predicted octanol–water partition coefficient (Wildman–Crippen LogP) is 3.99. The molecule has 1 aliphatic carbocycles. The molecule has 37 heavy (non-hydrogen) atoms. The van der Waals surface area contributed by atoms with Crippen LogP contribution in [0.4, 0.5) is 11.5 Å². The fourth-order valence-electron chi connectivity index (χ4n) is 4.36. The molecular weight excluding hydrogens is 466 g/mol. The van der Waals surface area contributed by atoms with E-state index in [1.54, 1.807) is 29.8 Å². The molecule has 1 fully saturated rings. The van der Waals surface area contributed by atoms with Crippen molar-refractivity contribution in [2.75, 3.05) is 38.4 Å². The number of ether oxygens (including phenoxy) is 1. The molecular formula is C28H31N7O2. The zero-order valence-corrected chi connectivity index (χ0v) is 21.5. The van der Waals surface area contributed by atoms with Gasteiger partial charge in [0, 0.05) is 37.0 Å². The maximum atomic E-state index is 12.7. The molecule has 190 valence electrons. The number of nitrogens with zero attached hydrogens (tertiary/aromatic N) is 6. The molecule has 2 N–H and O–H groups in total. The smallest absolute Gasteiger partial charge is 0.250 e. The molecule has 0 unspecified atom stereocenters. The quantitative estimate of drug-likeness (QED) is 0.367. The van der Waals surface area contributed by atoms with Gasteiger partial charge in [-0.3, -0.25) is 9.69 Å². The van der Waals surface area contributed by atoms with Crippen LogP contribution in [0.15, 0.2) is 60.9 Å². The van der Waals surface area contributed by atoms with Crippen LogP contribution in [0.3, 0.4) is 0 Å². The fraction of sp³-hybridized carbons (Fsp3) is 0.286. The van der Waals surface area contributed by atoms with Gasteiger partial charge in [-0.25, -0.2) is 14.6 Å². The lowest BCUT2D eigenvalue weighted by Crippen LogP contribution is -2.25. The highest BCUT2D eigenvalue weighted by Crippen LogP contribution is 2.34. The molecule has 2 heterocycles. The maximum absolute atomic E-state index is 12.7. The Balaban J connectivity index is 1.43. The van der Waals surface area contributed by atoms with Crippen LogP contribution in [0.1, 0.15) is 18.4 Å². The molecule has 1 saturated carbocycles. The summed E-state index contributed by atoms with van der Waals surface area (Å²) < 4.78 is 7.25. The first-order valence-electron chi connectivity index (χ1n) is 12.3. The summed E-state index contributed by atoms with van der Waals surface area (Å²) in [6.07, 6.45) is 7.48. The molecule has 0 atom stereocenters. The van der Waals surface area contributed by atoms with E-state index in [2.05, 4.69) is 21.9 Å². The van der Waals surface area contributed by atoms with Gasteiger partial charge in [0.1, 0.15) is 23.6 Å². The molecule has 0 saturated heterocycles. The number of likely N-dealkylation sites (N-methyl/N-ethyl adjacent to an activating group) is 2. The van der Waals surface area contributed by atoms with E-state index < -0.39 is 0 Å². The molecule has 9 heteroatoms. The number of amides is 1. The molecule has 2 aromatic carbocycles. The van der Waals surface area contributed by atoms with Crippen LogP contribution < -0.4 is 15.4 Å². The van der Waals surface area contributed by atoms with Crippen molar-refractivity contribution in [1.29, 1.82) is 0 Å². The second-order valence-electron chi connectivity index (χ2n) is 9.39. The van der Waals surface area contributed by atoms with Gasteiger partial charge in [0.05, 0.1) is 18.2 Å². The van der Waals surface area contributed by atoms with Gasteiger partial charge in [0.25, 0.3) is 0 Å². The second kappa shape index (κ2) is 10.0. The number of aromatic nitrogens is 4. The van der Waals surface area contributed by atoms with Crippen LogP contribution in [0.25, 0.3) is 28.0 Å². The van der Waals surface area contributed by atoms with Crippen molar-refractivity contribution >= 4 is 28.4 Å². The van der Waals surface area contributed by atoms with E-state index >= 15 is 0 Å². The van der Waals surface area contributed by atoms with Gasteiger partial charge in [-0.1, -0.05) is 18.2 Å². The van der Waals surface area contributed by atoms with E-state index in [-0.39, 0.29) is 5.91 Å². The molecule has 0 aliphatic heterocycles. The van der Waals surface area contributed by atoms with Crippen LogP contribution in [-0.2, 0) is 4.79 Å². The van der Waals surface area contributed by atoms with Gasteiger partial charge < -0.3 is 15.4 Å². The van der Waals surface area contributed by atoms with Gasteiger partial charge in [0.2, 0.25) is 5.91 Å². The summed E-state index contributed by atoms with van der Waals surface area (Å²) in [5.41, 5.74) is 11.0. The van der Waals surface area contributed by atoms with E-state index in [4.69, 9.17) is 15.6 Å². The normalized spacial score (nSPS) is 13.5. The predicted molar refractivity (Wildman–Crippen MR) is 146 cm³/mol. The highest BCUT2D eigenvalue weighted by Gasteiger charge is 2.25. The number of fused-ring (bicyclic) bond motifs is 1. The number of nitrogen functional groups attached to an aromatic ring is 1. The van der Waals surface area contributed by atoms with E-state index in [1.807, 2.05) is 55.5 Å². The first-order valence-corrected chi connectivity index (χ1v) is 12.3. The largest absolute Gasteiger partial charge is 0.496 e. The standard InChI is InChI=1S/C28H31N7O2/c1-18-7-8-19(16-23(18)37-4)26-25-27(29)30-17-31-28(25)35(32-26)22-13-11-21(12-14-22)34(3)24(36)6-5-15-33(2)20-9-10-20/h5-8,11-14,16-17,20H,9-10,15H2,1-4H3,(H2,29,30,31). The van der Waals surface area contributed by atoms with Crippen LogP contribution in [0.5, 0.6) is 5.75 Å². The zero-order valence-electron chi connectivity index (χ0n) is 21.5. The Morgan fingerprint density at radius 2 is 1.92 bits per heavy atom. The van der Waals surface area contributed by atoms with Crippen molar-refractivity contribution in [2.24, 2.45) is 0 Å². The number of methoxy groups -OCH3 is 1. The zero-order chi connectivity index (χ0) is 26.1. The van der Waals surface area contributed by atoms with Crippen molar-refractivity contribution in [3.63, 3.8) is 0 Å². The summed E-state index contributed by atoms with van der Waals surface area (Å²) in [4.78, 5) is 25.2. The second-order valence-corrected chi connectivity index (χ2v) is 9.39. The fourth-order valence-corrected chi connectivity index (χ4v) is 4.36. The number of hydrogen-bond acceptors (Lipinski definition) is 7. The number of nitrogens with two attached hydrogens (primary N) is 1. The van der Waals surface area contributed by atoms with Crippen LogP contribution in [0.2, 0.25) is 0 Å². The molecule has 2 aromatic heterocycles. The SMILES string of the molecule is COc1cc(-c2nn(-c3ccc(N(C)C(=O)C=CCN(C)C4CC4)cc3)c3ncnc(N)c23)ccc1C. The van der Waals surface area contributed by atoms with E-state index in [9.17, 15) is 4.79 Å². The highest BCUT2D eigenvalue weighted by atomic mass is 16.5. The summed E-state index contributed by atoms with van der Waals surface area (Å²) in [5.74, 6) is 1.05. The van der Waals surface area contributed by atoms with Crippen molar-refractivity contribution in [3.05, 3.63) is 66.5 Å². The van der Waals surface area contributed by atoms with Crippen molar-refractivity contribution < 1.29 is 9.53 Å². The molecule has 4 aromatic rings. The number of rotatable bonds is 8. The average molecular weight is 498 g/mol. The number of hydrogen-bond donors (Lipinski definition) is 1. The molecule has 0 radical (unpaired) electrons. The molecule has 0 spiro atoms. The highest BCUT2D eigenvalue weighted by molar-refractivity contribution is 6.01. The number of carbonyl (C=O) groups excluding carboxylic acids is 1. The van der Waals surface area contributed by atoms with Gasteiger partial charge in [0.15, 0.2) is 5.65 Å². The molecule has 1 amide bonds. The van der Waals surface area contributed by atoms with Crippen molar-refractivity contribution in [3.8, 4) is 22.7 Å². The van der Waals surface area contributed by atoms with E-state index in [1.165, 1.54) is 19.2 Å². The Hall–Kier alpha value is -4.24. The van der Waals surface area contributed by atoms with Crippen LogP contribution in [-0.4, -0.2) is 64.3 Å². The minimum absolute atomic E-state index is 0.0717. The number of aryl methyl sites for hydroxylation is 1. The van der Waals surface area contributed by atoms with Crippen LogP contribution in [0, 0.1) is 6.92 Å². The summed E-state index contributed by atoms with van der Waals surface area (Å²) >= 11 is 0. The molecule has 1 aliphatic rings. The molecule has 0 bridgehead atoms. The first kappa shape index (κ1) is 24.5. The summed E-state index contributed by atoms with van der Waals surface area (Å²) in [5, 5.41) is 5.54. The monoisotopic (exact) mass is 497 g/mol. The number of anilines is 2. The third-order valence-corrected chi connectivity index (χ3v) is 6.81. The number of benzene rings is 2. The average Bonchev–Trinajstić information content (AvgIpc) is 3.69.